The molecule has 0 amide bonds. The third-order valence-corrected chi connectivity index (χ3v) is 2.96. The first-order valence-corrected chi connectivity index (χ1v) is 5.56. The van der Waals surface area contributed by atoms with E-state index in [0.29, 0.717) is 6.04 Å². The highest BCUT2D eigenvalue weighted by atomic mass is 15.1. The maximum Gasteiger partial charge on any atom is 0.130 e. The summed E-state index contributed by atoms with van der Waals surface area (Å²) in [6.45, 7) is 3.26. The van der Waals surface area contributed by atoms with Crippen LogP contribution in [0, 0.1) is 6.92 Å². The molecule has 0 aliphatic carbocycles. The van der Waals surface area contributed by atoms with Gasteiger partial charge in [0, 0.05) is 26.3 Å². The maximum atomic E-state index is 4.51. The molecule has 3 heteroatoms. The second-order valence-corrected chi connectivity index (χ2v) is 4.45. The van der Waals surface area contributed by atoms with E-state index in [1.165, 1.54) is 24.0 Å². The van der Waals surface area contributed by atoms with Gasteiger partial charge in [-0.25, -0.2) is 4.98 Å². The van der Waals surface area contributed by atoms with Crippen LogP contribution >= 0.6 is 0 Å². The lowest BCUT2D eigenvalue weighted by Gasteiger charge is -2.17. The largest absolute Gasteiger partial charge is 0.363 e. The Hall–Kier alpha value is -1.09. The van der Waals surface area contributed by atoms with Gasteiger partial charge in [0.25, 0.3) is 0 Å². The summed E-state index contributed by atoms with van der Waals surface area (Å²) < 4.78 is 0. The monoisotopic (exact) mass is 205 g/mol. The van der Waals surface area contributed by atoms with Crippen molar-refractivity contribution in [3.8, 4) is 0 Å². The minimum Gasteiger partial charge on any atom is -0.363 e. The van der Waals surface area contributed by atoms with Gasteiger partial charge in [0.1, 0.15) is 5.82 Å². The normalized spacial score (nSPS) is 20.6. The SMILES string of the molecule is Cc1cc(C2CCCN2)cnc1N(C)C. The van der Waals surface area contributed by atoms with E-state index in [9.17, 15) is 0 Å². The topological polar surface area (TPSA) is 28.2 Å². The number of aromatic nitrogens is 1. The molecule has 2 heterocycles. The summed E-state index contributed by atoms with van der Waals surface area (Å²) in [4.78, 5) is 6.56. The summed E-state index contributed by atoms with van der Waals surface area (Å²) in [7, 11) is 4.06. The zero-order valence-corrected chi connectivity index (χ0v) is 9.75. The lowest BCUT2D eigenvalue weighted by molar-refractivity contribution is 0.644. The minimum atomic E-state index is 0.521. The molecule has 2 rings (SSSR count). The number of rotatable bonds is 2. The maximum absolute atomic E-state index is 4.51. The third kappa shape index (κ3) is 2.12. The second-order valence-electron chi connectivity index (χ2n) is 4.45. The minimum absolute atomic E-state index is 0.521. The van der Waals surface area contributed by atoms with Crippen LogP contribution < -0.4 is 10.2 Å². The second kappa shape index (κ2) is 4.19. The summed E-state index contributed by atoms with van der Waals surface area (Å²) in [5.41, 5.74) is 2.59. The highest BCUT2D eigenvalue weighted by Gasteiger charge is 2.17. The first-order chi connectivity index (χ1) is 7.18. The number of nitrogens with zero attached hydrogens (tertiary/aromatic N) is 2. The van der Waals surface area contributed by atoms with E-state index < -0.39 is 0 Å². The summed E-state index contributed by atoms with van der Waals surface area (Å²) in [5.74, 6) is 1.07. The highest BCUT2D eigenvalue weighted by Crippen LogP contribution is 2.25. The van der Waals surface area contributed by atoms with Crippen LogP contribution in [-0.2, 0) is 0 Å². The molecule has 82 valence electrons. The van der Waals surface area contributed by atoms with E-state index in [1.54, 1.807) is 0 Å². The van der Waals surface area contributed by atoms with Crippen molar-refractivity contribution in [3.05, 3.63) is 23.4 Å². The third-order valence-electron chi connectivity index (χ3n) is 2.96. The van der Waals surface area contributed by atoms with Gasteiger partial charge in [0.05, 0.1) is 0 Å². The van der Waals surface area contributed by atoms with Crippen LogP contribution in [0.4, 0.5) is 5.82 Å². The first kappa shape index (κ1) is 10.4. The molecule has 1 aromatic heterocycles. The Bertz CT molecular complexity index is 341. The smallest absolute Gasteiger partial charge is 0.130 e. The lowest BCUT2D eigenvalue weighted by Crippen LogP contribution is -2.16. The quantitative estimate of drug-likeness (QED) is 0.799. The van der Waals surface area contributed by atoms with E-state index in [1.807, 2.05) is 20.3 Å². The molecule has 0 bridgehead atoms. The van der Waals surface area contributed by atoms with Crippen LogP contribution in [0.25, 0.3) is 0 Å². The molecule has 0 aromatic carbocycles. The van der Waals surface area contributed by atoms with Crippen LogP contribution in [0.1, 0.15) is 30.0 Å². The van der Waals surface area contributed by atoms with Gasteiger partial charge in [0.15, 0.2) is 0 Å². The van der Waals surface area contributed by atoms with Crippen molar-refractivity contribution in [2.45, 2.75) is 25.8 Å². The van der Waals surface area contributed by atoms with Gasteiger partial charge in [-0.15, -0.1) is 0 Å². The Kier molecular flexibility index (Phi) is 2.91. The number of aryl methyl sites for hydroxylation is 1. The van der Waals surface area contributed by atoms with Crippen LogP contribution in [0.3, 0.4) is 0 Å². The van der Waals surface area contributed by atoms with Crippen LogP contribution in [0.5, 0.6) is 0 Å². The summed E-state index contributed by atoms with van der Waals surface area (Å²) in [5, 5.41) is 3.50. The molecule has 0 radical (unpaired) electrons. The van der Waals surface area contributed by atoms with E-state index in [-0.39, 0.29) is 0 Å². The fraction of sp³-hybridized carbons (Fsp3) is 0.583. The molecule has 1 aliphatic heterocycles. The summed E-state index contributed by atoms with van der Waals surface area (Å²) in [6, 6.07) is 2.78. The van der Waals surface area contributed by atoms with Gasteiger partial charge in [-0.05, 0) is 43.5 Å². The Morgan fingerprint density at radius 2 is 2.27 bits per heavy atom. The van der Waals surface area contributed by atoms with E-state index in [2.05, 4.69) is 28.2 Å². The fourth-order valence-electron chi connectivity index (χ4n) is 2.22. The van der Waals surface area contributed by atoms with E-state index >= 15 is 0 Å². The summed E-state index contributed by atoms with van der Waals surface area (Å²) in [6.07, 6.45) is 4.52. The molecule has 1 unspecified atom stereocenters. The molecule has 0 saturated carbocycles. The van der Waals surface area contributed by atoms with Gasteiger partial charge >= 0.3 is 0 Å². The van der Waals surface area contributed by atoms with Crippen molar-refractivity contribution in [1.82, 2.24) is 10.3 Å². The molecule has 0 spiro atoms. The number of hydrogen-bond acceptors (Lipinski definition) is 3. The lowest BCUT2D eigenvalue weighted by atomic mass is 10.1. The van der Waals surface area contributed by atoms with Crippen LogP contribution in [-0.4, -0.2) is 25.6 Å². The Labute approximate surface area is 91.5 Å². The van der Waals surface area contributed by atoms with Crippen molar-refractivity contribution in [1.29, 1.82) is 0 Å². The standard InChI is InChI=1S/C12H19N3/c1-9-7-10(11-5-4-6-13-11)8-14-12(9)15(2)3/h7-8,11,13H,4-6H2,1-3H3. The predicted octanol–water partition coefficient (Wildman–Crippen LogP) is 1.88. The van der Waals surface area contributed by atoms with Crippen molar-refractivity contribution in [2.24, 2.45) is 0 Å². The zero-order chi connectivity index (χ0) is 10.8. The van der Waals surface area contributed by atoms with E-state index in [0.717, 1.165) is 12.4 Å². The fourth-order valence-corrected chi connectivity index (χ4v) is 2.22. The average molecular weight is 205 g/mol. The van der Waals surface area contributed by atoms with Gasteiger partial charge in [-0.2, -0.15) is 0 Å². The van der Waals surface area contributed by atoms with Crippen molar-refractivity contribution in [2.75, 3.05) is 25.5 Å². The Morgan fingerprint density at radius 3 is 2.80 bits per heavy atom. The number of pyridine rings is 1. The molecule has 1 saturated heterocycles. The molecular formula is C12H19N3. The van der Waals surface area contributed by atoms with Gasteiger partial charge in [-0.3, -0.25) is 0 Å². The first-order valence-electron chi connectivity index (χ1n) is 5.56. The Morgan fingerprint density at radius 1 is 1.47 bits per heavy atom. The van der Waals surface area contributed by atoms with Crippen molar-refractivity contribution >= 4 is 5.82 Å². The predicted molar refractivity (Wildman–Crippen MR) is 63.3 cm³/mol. The molecule has 1 fully saturated rings. The van der Waals surface area contributed by atoms with Crippen molar-refractivity contribution in [3.63, 3.8) is 0 Å². The van der Waals surface area contributed by atoms with Gasteiger partial charge in [0.2, 0.25) is 0 Å². The zero-order valence-electron chi connectivity index (χ0n) is 9.75. The molecule has 3 nitrogen and oxygen atoms in total. The molecule has 15 heavy (non-hydrogen) atoms. The van der Waals surface area contributed by atoms with Crippen LogP contribution in [0.15, 0.2) is 12.3 Å². The number of nitrogens with one attached hydrogen (secondary N) is 1. The molecule has 1 N–H and O–H groups in total. The van der Waals surface area contributed by atoms with E-state index in [4.69, 9.17) is 0 Å². The number of anilines is 1. The molecule has 1 atom stereocenters. The summed E-state index contributed by atoms with van der Waals surface area (Å²) >= 11 is 0. The Balaban J connectivity index is 2.24. The molecular weight excluding hydrogens is 186 g/mol. The van der Waals surface area contributed by atoms with Gasteiger partial charge < -0.3 is 10.2 Å². The van der Waals surface area contributed by atoms with Gasteiger partial charge in [-0.1, -0.05) is 0 Å². The van der Waals surface area contributed by atoms with Crippen molar-refractivity contribution < 1.29 is 0 Å². The number of hydrogen-bond donors (Lipinski definition) is 1. The average Bonchev–Trinajstić information content (AvgIpc) is 2.69. The highest BCUT2D eigenvalue weighted by molar-refractivity contribution is 5.46. The molecule has 1 aliphatic rings. The van der Waals surface area contributed by atoms with Crippen LogP contribution in [0.2, 0.25) is 0 Å². The molecule has 1 aromatic rings.